The van der Waals surface area contributed by atoms with E-state index < -0.39 is 5.92 Å². The monoisotopic (exact) mass is 290 g/mol. The van der Waals surface area contributed by atoms with E-state index in [0.717, 1.165) is 25.9 Å². The van der Waals surface area contributed by atoms with Gasteiger partial charge in [-0.15, -0.1) is 0 Å². The van der Waals surface area contributed by atoms with Crippen LogP contribution in [0.3, 0.4) is 0 Å². The van der Waals surface area contributed by atoms with Gasteiger partial charge in [-0.05, 0) is 38.8 Å². The normalized spacial score (nSPS) is 27.2. The quantitative estimate of drug-likeness (QED) is 0.858. The van der Waals surface area contributed by atoms with Crippen molar-refractivity contribution in [3.63, 3.8) is 0 Å². The molecule has 2 fully saturated rings. The highest BCUT2D eigenvalue weighted by atomic mass is 19.3. The number of amides is 1. The van der Waals surface area contributed by atoms with Crippen LogP contribution in [0, 0.1) is 0 Å². The summed E-state index contributed by atoms with van der Waals surface area (Å²) in [5.74, 6) is -2.79. The van der Waals surface area contributed by atoms with Crippen molar-refractivity contribution in [2.45, 2.75) is 56.5 Å². The number of carbonyl (C=O) groups is 1. The van der Waals surface area contributed by atoms with Gasteiger partial charge in [0, 0.05) is 32.0 Å². The van der Waals surface area contributed by atoms with E-state index >= 15 is 0 Å². The second-order valence-electron chi connectivity index (χ2n) is 5.82. The van der Waals surface area contributed by atoms with Crippen LogP contribution in [0.5, 0.6) is 0 Å². The van der Waals surface area contributed by atoms with Gasteiger partial charge in [-0.3, -0.25) is 4.79 Å². The number of halogens is 2. The predicted octanol–water partition coefficient (Wildman–Crippen LogP) is 1.79. The number of ether oxygens (including phenoxy) is 1. The SMILES string of the molecule is COCC(=O)N(C1CCNCC1)[C@@H]1CCCC(F)(F)C1. The Morgan fingerprint density at radius 2 is 2.00 bits per heavy atom. The summed E-state index contributed by atoms with van der Waals surface area (Å²) in [5, 5.41) is 3.24. The first-order chi connectivity index (χ1) is 9.53. The van der Waals surface area contributed by atoms with Gasteiger partial charge in [-0.1, -0.05) is 0 Å². The number of alkyl halides is 2. The Kier molecular flexibility index (Phi) is 5.32. The molecule has 0 aromatic carbocycles. The van der Waals surface area contributed by atoms with Crippen LogP contribution in [-0.4, -0.2) is 55.6 Å². The molecule has 0 radical (unpaired) electrons. The van der Waals surface area contributed by atoms with Crippen molar-refractivity contribution in [2.75, 3.05) is 26.8 Å². The number of hydrogen-bond donors (Lipinski definition) is 1. The van der Waals surface area contributed by atoms with E-state index in [1.807, 2.05) is 0 Å². The van der Waals surface area contributed by atoms with Crippen LogP contribution in [0.4, 0.5) is 8.78 Å². The smallest absolute Gasteiger partial charge is 0.250 e. The van der Waals surface area contributed by atoms with Gasteiger partial charge >= 0.3 is 0 Å². The summed E-state index contributed by atoms with van der Waals surface area (Å²) in [6, 6.07) is -0.276. The number of methoxy groups -OCH3 is 1. The summed E-state index contributed by atoms with van der Waals surface area (Å²) >= 11 is 0. The maximum Gasteiger partial charge on any atom is 0.250 e. The lowest BCUT2D eigenvalue weighted by molar-refractivity contribution is -0.146. The molecule has 4 nitrogen and oxygen atoms in total. The molecule has 1 N–H and O–H groups in total. The highest BCUT2D eigenvalue weighted by molar-refractivity contribution is 5.78. The number of nitrogens with zero attached hydrogens (tertiary/aromatic N) is 1. The van der Waals surface area contributed by atoms with Gasteiger partial charge in [0.2, 0.25) is 11.8 Å². The highest BCUT2D eigenvalue weighted by Gasteiger charge is 2.41. The van der Waals surface area contributed by atoms with Gasteiger partial charge in [0.1, 0.15) is 6.61 Å². The van der Waals surface area contributed by atoms with Gasteiger partial charge in [0.05, 0.1) is 0 Å². The van der Waals surface area contributed by atoms with Crippen molar-refractivity contribution in [2.24, 2.45) is 0 Å². The third kappa shape index (κ3) is 3.88. The minimum absolute atomic E-state index is 0.0218. The molecular formula is C14H24F2N2O2. The lowest BCUT2D eigenvalue weighted by Gasteiger charge is -2.43. The molecule has 6 heteroatoms. The van der Waals surface area contributed by atoms with E-state index in [9.17, 15) is 13.6 Å². The summed E-state index contributed by atoms with van der Waals surface area (Å²) in [4.78, 5) is 14.0. The molecule has 2 rings (SSSR count). The lowest BCUT2D eigenvalue weighted by atomic mass is 9.89. The van der Waals surface area contributed by atoms with Crippen molar-refractivity contribution in [3.8, 4) is 0 Å². The maximum atomic E-state index is 13.6. The molecule has 1 saturated heterocycles. The standard InChI is InChI=1S/C14H24F2N2O2/c1-20-10-13(19)18(11-4-7-17-8-5-11)12-3-2-6-14(15,16)9-12/h11-12,17H,2-10H2,1H3/t12-/m1/s1. The van der Waals surface area contributed by atoms with E-state index in [1.54, 1.807) is 4.90 Å². The van der Waals surface area contributed by atoms with E-state index in [2.05, 4.69) is 5.32 Å². The number of nitrogens with one attached hydrogen (secondary N) is 1. The van der Waals surface area contributed by atoms with Crippen molar-refractivity contribution < 1.29 is 18.3 Å². The summed E-state index contributed by atoms with van der Waals surface area (Å²) in [6.07, 6.45) is 2.57. The first-order valence-corrected chi connectivity index (χ1v) is 7.42. The second-order valence-corrected chi connectivity index (χ2v) is 5.82. The van der Waals surface area contributed by atoms with Crippen LogP contribution < -0.4 is 5.32 Å². The van der Waals surface area contributed by atoms with Crippen molar-refractivity contribution in [3.05, 3.63) is 0 Å². The van der Waals surface area contributed by atoms with Crippen LogP contribution in [0.15, 0.2) is 0 Å². The topological polar surface area (TPSA) is 41.6 Å². The van der Waals surface area contributed by atoms with Gasteiger partial charge in [-0.2, -0.15) is 0 Å². The average molecular weight is 290 g/mol. The zero-order valence-corrected chi connectivity index (χ0v) is 12.0. The Labute approximate surface area is 118 Å². The molecule has 0 unspecified atom stereocenters. The van der Waals surface area contributed by atoms with E-state index in [4.69, 9.17) is 4.74 Å². The van der Waals surface area contributed by atoms with E-state index in [0.29, 0.717) is 12.8 Å². The molecule has 1 aliphatic heterocycles. The molecule has 0 aromatic heterocycles. The summed E-state index contributed by atoms with van der Waals surface area (Å²) < 4.78 is 32.2. The third-order valence-electron chi connectivity index (χ3n) is 4.27. The average Bonchev–Trinajstić information content (AvgIpc) is 2.39. The first-order valence-electron chi connectivity index (χ1n) is 7.42. The first kappa shape index (κ1) is 15.6. The van der Waals surface area contributed by atoms with Crippen molar-refractivity contribution in [1.82, 2.24) is 10.2 Å². The molecule has 0 bridgehead atoms. The summed E-state index contributed by atoms with van der Waals surface area (Å²) in [6.45, 7) is 1.65. The van der Waals surface area contributed by atoms with Crippen LogP contribution in [-0.2, 0) is 9.53 Å². The Balaban J connectivity index is 2.10. The Morgan fingerprint density at radius 1 is 1.30 bits per heavy atom. The number of carbonyl (C=O) groups excluding carboxylic acids is 1. The van der Waals surface area contributed by atoms with E-state index in [-0.39, 0.29) is 37.4 Å². The minimum Gasteiger partial charge on any atom is -0.375 e. The number of hydrogen-bond acceptors (Lipinski definition) is 3. The van der Waals surface area contributed by atoms with Gasteiger partial charge < -0.3 is 15.0 Å². The minimum atomic E-state index is -2.64. The number of piperidine rings is 1. The molecule has 1 heterocycles. The van der Waals surface area contributed by atoms with E-state index in [1.165, 1.54) is 7.11 Å². The zero-order valence-electron chi connectivity index (χ0n) is 12.0. The van der Waals surface area contributed by atoms with Crippen molar-refractivity contribution >= 4 is 5.91 Å². The molecule has 2 aliphatic rings. The maximum absolute atomic E-state index is 13.6. The number of rotatable bonds is 4. The van der Waals surface area contributed by atoms with Crippen LogP contribution in [0.25, 0.3) is 0 Å². The highest BCUT2D eigenvalue weighted by Crippen LogP contribution is 2.36. The predicted molar refractivity (Wildman–Crippen MR) is 71.8 cm³/mol. The lowest BCUT2D eigenvalue weighted by Crippen LogP contribution is -2.54. The fourth-order valence-electron chi connectivity index (χ4n) is 3.37. The molecule has 1 amide bonds. The molecule has 20 heavy (non-hydrogen) atoms. The van der Waals surface area contributed by atoms with Gasteiger partial charge in [0.25, 0.3) is 0 Å². The Morgan fingerprint density at radius 3 is 2.60 bits per heavy atom. The Hall–Kier alpha value is -0.750. The second kappa shape index (κ2) is 6.80. The molecule has 116 valence electrons. The molecule has 1 aliphatic carbocycles. The Bertz CT molecular complexity index is 333. The van der Waals surface area contributed by atoms with Gasteiger partial charge in [-0.25, -0.2) is 8.78 Å². The summed E-state index contributed by atoms with van der Waals surface area (Å²) in [7, 11) is 1.47. The fraction of sp³-hybridized carbons (Fsp3) is 0.929. The molecule has 0 spiro atoms. The molecule has 1 atom stereocenters. The zero-order chi connectivity index (χ0) is 14.6. The summed E-state index contributed by atoms with van der Waals surface area (Å²) in [5.41, 5.74) is 0. The fourth-order valence-corrected chi connectivity index (χ4v) is 3.37. The third-order valence-corrected chi connectivity index (χ3v) is 4.27. The molecular weight excluding hydrogens is 266 g/mol. The van der Waals surface area contributed by atoms with Gasteiger partial charge in [0.15, 0.2) is 0 Å². The van der Waals surface area contributed by atoms with Crippen LogP contribution >= 0.6 is 0 Å². The van der Waals surface area contributed by atoms with Crippen LogP contribution in [0.2, 0.25) is 0 Å². The molecule has 1 saturated carbocycles. The van der Waals surface area contributed by atoms with Crippen LogP contribution in [0.1, 0.15) is 38.5 Å². The van der Waals surface area contributed by atoms with Crippen molar-refractivity contribution in [1.29, 1.82) is 0 Å². The molecule has 0 aromatic rings. The largest absolute Gasteiger partial charge is 0.375 e.